The van der Waals surface area contributed by atoms with Crippen LogP contribution < -0.4 is 20.5 Å². The van der Waals surface area contributed by atoms with Gasteiger partial charge in [0.2, 0.25) is 11.9 Å². The molecular formula is C25H28F3N7O3. The van der Waals surface area contributed by atoms with Gasteiger partial charge in [0.05, 0.1) is 22.7 Å². The Labute approximate surface area is 216 Å². The molecule has 1 atom stereocenters. The lowest BCUT2D eigenvalue weighted by molar-refractivity contribution is -0.138. The van der Waals surface area contributed by atoms with Gasteiger partial charge in [-0.1, -0.05) is 0 Å². The molecule has 13 heteroatoms. The minimum atomic E-state index is -4.48. The Morgan fingerprint density at radius 2 is 1.87 bits per heavy atom. The highest BCUT2D eigenvalue weighted by atomic mass is 19.4. The molecule has 0 spiro atoms. The molecule has 1 amide bonds. The molecule has 0 bridgehead atoms. The number of aromatic nitrogens is 4. The molecule has 1 unspecified atom stereocenters. The highest BCUT2D eigenvalue weighted by Crippen LogP contribution is 2.29. The molecule has 0 radical (unpaired) electrons. The van der Waals surface area contributed by atoms with Crippen molar-refractivity contribution >= 4 is 22.6 Å². The summed E-state index contributed by atoms with van der Waals surface area (Å²) in [5.41, 5.74) is -0.510. The molecular weight excluding hydrogens is 503 g/mol. The summed E-state index contributed by atoms with van der Waals surface area (Å²) < 4.78 is 44.1. The van der Waals surface area contributed by atoms with E-state index in [-0.39, 0.29) is 36.0 Å². The summed E-state index contributed by atoms with van der Waals surface area (Å²) in [6.07, 6.45) is -0.383. The number of H-pyrrole nitrogens is 1. The third-order valence-corrected chi connectivity index (χ3v) is 6.65. The number of amides is 1. The van der Waals surface area contributed by atoms with Crippen molar-refractivity contribution in [1.82, 2.24) is 30.4 Å². The molecule has 2 fully saturated rings. The van der Waals surface area contributed by atoms with Gasteiger partial charge >= 0.3 is 6.18 Å². The average Bonchev–Trinajstić information content (AvgIpc) is 3.72. The van der Waals surface area contributed by atoms with Gasteiger partial charge in [0.1, 0.15) is 5.75 Å². The Hall–Kier alpha value is -3.74. The van der Waals surface area contributed by atoms with Crippen LogP contribution in [0.15, 0.2) is 35.4 Å². The number of alkyl halides is 3. The molecule has 1 aliphatic carbocycles. The van der Waals surface area contributed by atoms with E-state index < -0.39 is 11.7 Å². The maximum absolute atomic E-state index is 12.9. The Morgan fingerprint density at radius 1 is 1.16 bits per heavy atom. The van der Waals surface area contributed by atoms with Crippen LogP contribution in [0.5, 0.6) is 5.75 Å². The van der Waals surface area contributed by atoms with Crippen LogP contribution in [-0.4, -0.2) is 69.3 Å². The second kappa shape index (κ2) is 10.6. The number of carbonyl (C=O) groups excluding carboxylic acids is 1. The fourth-order valence-corrected chi connectivity index (χ4v) is 4.31. The predicted octanol–water partition coefficient (Wildman–Crippen LogP) is 2.49. The number of aromatic amines is 1. The highest BCUT2D eigenvalue weighted by Gasteiger charge is 2.32. The number of hydrogen-bond donors (Lipinski definition) is 2. The van der Waals surface area contributed by atoms with Crippen LogP contribution in [0.4, 0.5) is 19.1 Å². The van der Waals surface area contributed by atoms with Crippen LogP contribution in [0, 0.1) is 0 Å². The summed E-state index contributed by atoms with van der Waals surface area (Å²) in [6.45, 7) is 3.96. The van der Waals surface area contributed by atoms with Crippen LogP contribution >= 0.6 is 0 Å². The van der Waals surface area contributed by atoms with Crippen LogP contribution in [0.2, 0.25) is 0 Å². The van der Waals surface area contributed by atoms with Gasteiger partial charge in [0.25, 0.3) is 5.56 Å². The normalized spacial score (nSPS) is 17.1. The Morgan fingerprint density at radius 3 is 2.53 bits per heavy atom. The molecule has 3 heterocycles. The van der Waals surface area contributed by atoms with Crippen molar-refractivity contribution in [3.63, 3.8) is 0 Å². The molecule has 2 aromatic heterocycles. The zero-order valence-electron chi connectivity index (χ0n) is 20.8. The number of ether oxygens (including phenoxy) is 1. The van der Waals surface area contributed by atoms with Crippen molar-refractivity contribution in [3.05, 3.63) is 52.2 Å². The van der Waals surface area contributed by atoms with Gasteiger partial charge in [-0.05, 0) is 38.0 Å². The smallest absolute Gasteiger partial charge is 0.419 e. The number of carbonyl (C=O) groups is 1. The van der Waals surface area contributed by atoms with Crippen LogP contribution in [0.25, 0.3) is 10.8 Å². The summed E-state index contributed by atoms with van der Waals surface area (Å²) in [6, 6.07) is 5.20. The summed E-state index contributed by atoms with van der Waals surface area (Å²) in [5.74, 6) is 0.890. The first-order valence-corrected chi connectivity index (χ1v) is 12.5. The van der Waals surface area contributed by atoms with Crippen molar-refractivity contribution in [2.75, 3.05) is 31.1 Å². The maximum Gasteiger partial charge on any atom is 0.419 e. The van der Waals surface area contributed by atoms with E-state index in [4.69, 9.17) is 4.74 Å². The number of fused-ring (bicyclic) bond motifs is 1. The molecule has 1 aromatic carbocycles. The average molecular weight is 532 g/mol. The number of piperazine rings is 1. The quantitative estimate of drug-likeness (QED) is 0.456. The van der Waals surface area contributed by atoms with Gasteiger partial charge in [0.15, 0.2) is 0 Å². The van der Waals surface area contributed by atoms with Crippen LogP contribution in [0.3, 0.4) is 0 Å². The minimum absolute atomic E-state index is 0.0302. The zero-order chi connectivity index (χ0) is 26.9. The number of benzene rings is 1. The summed E-state index contributed by atoms with van der Waals surface area (Å²) in [5, 5.41) is 11.3. The standard InChI is InChI=1S/C25H28F3N7O3/c1-15(29-14-21-20-11-18(38-17-2-3-17)4-5-19(20)23(37)33-32-21)10-22(36)34-6-8-35(9-7-34)24-30-12-16(13-31-24)25(26,27)28/h4-5,11-13,15,17,29H,2-3,6-10,14H2,1H3,(H,33,37). The van der Waals surface area contributed by atoms with Crippen molar-refractivity contribution in [1.29, 1.82) is 0 Å². The van der Waals surface area contributed by atoms with Crippen molar-refractivity contribution in [2.45, 2.75) is 51.1 Å². The molecule has 1 saturated carbocycles. The SMILES string of the molecule is CC(CC(=O)N1CCN(c2ncc(C(F)(F)F)cn2)CC1)NCc1n[nH]c(=O)c2ccc(OC3CC3)cc12. The monoisotopic (exact) mass is 531 g/mol. The predicted molar refractivity (Wildman–Crippen MR) is 133 cm³/mol. The highest BCUT2D eigenvalue weighted by molar-refractivity contribution is 5.85. The van der Waals surface area contributed by atoms with E-state index in [2.05, 4.69) is 25.5 Å². The maximum atomic E-state index is 12.9. The first-order chi connectivity index (χ1) is 18.2. The van der Waals surface area contributed by atoms with Crippen LogP contribution in [0.1, 0.15) is 37.4 Å². The van der Waals surface area contributed by atoms with Crippen LogP contribution in [-0.2, 0) is 17.5 Å². The second-order valence-corrected chi connectivity index (χ2v) is 9.65. The molecule has 1 aliphatic heterocycles. The number of rotatable bonds is 8. The van der Waals surface area contributed by atoms with E-state index in [1.807, 2.05) is 13.0 Å². The fraction of sp³-hybridized carbons (Fsp3) is 0.480. The first kappa shape index (κ1) is 25.9. The second-order valence-electron chi connectivity index (χ2n) is 9.65. The van der Waals surface area contributed by atoms with Gasteiger partial charge in [-0.25, -0.2) is 15.1 Å². The number of anilines is 1. The zero-order valence-corrected chi connectivity index (χ0v) is 20.8. The lowest BCUT2D eigenvalue weighted by Gasteiger charge is -2.35. The number of nitrogens with one attached hydrogen (secondary N) is 2. The topological polar surface area (TPSA) is 116 Å². The largest absolute Gasteiger partial charge is 0.490 e. The molecule has 3 aromatic rings. The van der Waals surface area contributed by atoms with E-state index >= 15 is 0 Å². The molecule has 38 heavy (non-hydrogen) atoms. The Balaban J connectivity index is 1.13. The van der Waals surface area contributed by atoms with E-state index in [1.165, 1.54) is 0 Å². The third-order valence-electron chi connectivity index (χ3n) is 6.65. The first-order valence-electron chi connectivity index (χ1n) is 12.5. The lowest BCUT2D eigenvalue weighted by Crippen LogP contribution is -2.50. The van der Waals surface area contributed by atoms with E-state index in [0.717, 1.165) is 25.2 Å². The molecule has 5 rings (SSSR count). The molecule has 2 aliphatic rings. The Bertz CT molecular complexity index is 1350. The molecule has 2 N–H and O–H groups in total. The number of hydrogen-bond acceptors (Lipinski definition) is 8. The van der Waals surface area contributed by atoms with Gasteiger partial charge in [-0.3, -0.25) is 9.59 Å². The summed E-state index contributed by atoms with van der Waals surface area (Å²) in [7, 11) is 0. The summed E-state index contributed by atoms with van der Waals surface area (Å²) >= 11 is 0. The van der Waals surface area contributed by atoms with Crippen molar-refractivity contribution < 1.29 is 22.7 Å². The van der Waals surface area contributed by atoms with Gasteiger partial charge in [-0.15, -0.1) is 0 Å². The van der Waals surface area contributed by atoms with Gasteiger partial charge in [0, 0.05) is 63.0 Å². The van der Waals surface area contributed by atoms with Gasteiger partial charge < -0.3 is 19.9 Å². The Kier molecular flexibility index (Phi) is 7.19. The van der Waals surface area contributed by atoms with E-state index in [1.54, 1.807) is 21.9 Å². The van der Waals surface area contributed by atoms with Crippen molar-refractivity contribution in [3.8, 4) is 5.75 Å². The molecule has 1 saturated heterocycles. The summed E-state index contributed by atoms with van der Waals surface area (Å²) in [4.78, 5) is 36.2. The van der Waals surface area contributed by atoms with Crippen molar-refractivity contribution in [2.24, 2.45) is 0 Å². The number of halogens is 3. The fourth-order valence-electron chi connectivity index (χ4n) is 4.31. The number of nitrogens with zero attached hydrogens (tertiary/aromatic N) is 5. The van der Waals surface area contributed by atoms with E-state index in [0.29, 0.717) is 54.9 Å². The third kappa shape index (κ3) is 6.04. The lowest BCUT2D eigenvalue weighted by atomic mass is 10.1. The molecule has 202 valence electrons. The molecule has 10 nitrogen and oxygen atoms in total. The van der Waals surface area contributed by atoms with Gasteiger partial charge in [-0.2, -0.15) is 18.3 Å². The minimum Gasteiger partial charge on any atom is -0.490 e. The van der Waals surface area contributed by atoms with E-state index in [9.17, 15) is 22.8 Å².